The molecule has 0 amide bonds. The van der Waals surface area contributed by atoms with Gasteiger partial charge < -0.3 is 4.42 Å². The van der Waals surface area contributed by atoms with Crippen molar-refractivity contribution in [2.75, 3.05) is 0 Å². The highest BCUT2D eigenvalue weighted by atomic mass is 16.3. The van der Waals surface area contributed by atoms with E-state index < -0.39 is 54.4 Å². The minimum Gasteiger partial charge on any atom is -0.456 e. The number of rotatable bonds is 2. The molecule has 0 atom stereocenters. The molecule has 0 radical (unpaired) electrons. The Kier molecular flexibility index (Phi) is 2.61. The van der Waals surface area contributed by atoms with Gasteiger partial charge in [0.05, 0.1) is 15.1 Å². The highest BCUT2D eigenvalue weighted by Gasteiger charge is 2.17. The molecule has 0 saturated heterocycles. The van der Waals surface area contributed by atoms with E-state index in [1.165, 1.54) is 0 Å². The number of fused-ring (bicyclic) bond motifs is 6. The Morgan fingerprint density at radius 3 is 1.81 bits per heavy atom. The predicted molar refractivity (Wildman–Crippen MR) is 157 cm³/mol. The molecule has 0 saturated carbocycles. The molecule has 0 bridgehead atoms. The van der Waals surface area contributed by atoms with Crippen molar-refractivity contribution in [2.45, 2.75) is 0 Å². The van der Waals surface area contributed by atoms with Crippen molar-refractivity contribution in [1.29, 1.82) is 0 Å². The molecule has 0 aliphatic heterocycles. The first-order chi connectivity index (χ1) is 22.9. The lowest BCUT2D eigenvalue weighted by atomic mass is 9.85. The van der Waals surface area contributed by atoms with E-state index in [0.717, 1.165) is 10.8 Å². The van der Waals surface area contributed by atoms with Crippen LogP contribution >= 0.6 is 0 Å². The van der Waals surface area contributed by atoms with Crippen molar-refractivity contribution >= 4 is 54.3 Å². The number of hydrogen-bond acceptors (Lipinski definition) is 1. The summed E-state index contributed by atoms with van der Waals surface area (Å²) in [6, 6.07) is 14.5. The molecule has 0 fully saturated rings. The van der Waals surface area contributed by atoms with Crippen molar-refractivity contribution in [3.63, 3.8) is 0 Å². The molecule has 8 rings (SSSR count). The van der Waals surface area contributed by atoms with Gasteiger partial charge in [0.2, 0.25) is 0 Å². The van der Waals surface area contributed by atoms with E-state index in [1.54, 1.807) is 30.3 Å². The third-order valence-electron chi connectivity index (χ3n) is 6.81. The average molecular weight is 482 g/mol. The van der Waals surface area contributed by atoms with Gasteiger partial charge in [-0.25, -0.2) is 0 Å². The Hall–Kier alpha value is -4.88. The van der Waals surface area contributed by atoms with Gasteiger partial charge in [-0.3, -0.25) is 0 Å². The summed E-state index contributed by atoms with van der Waals surface area (Å²) in [7, 11) is 0. The molecule has 0 N–H and O–H groups in total. The maximum atomic E-state index is 9.46. The minimum atomic E-state index is -0.586. The molecule has 0 aliphatic carbocycles. The van der Waals surface area contributed by atoms with Crippen molar-refractivity contribution in [1.82, 2.24) is 0 Å². The summed E-state index contributed by atoms with van der Waals surface area (Å²) in [6.45, 7) is 0. The second-order valence-electron chi connectivity index (χ2n) is 8.86. The normalized spacial score (nSPS) is 15.9. The standard InChI is InChI=1S/C36H22O/c1-2-10-24-21-25(18-17-23(24)9-1)35-28-12-3-5-14-30(28)36(31-15-6-4-13-29(31)35)26-19-20-34-32(22-26)27-11-7-8-16-33(27)37-34/h1-22H/i3D,4D,5D,6D,12D,13D,14D,15D,19D,20D,22D. The van der Waals surface area contributed by atoms with E-state index in [-0.39, 0.29) is 61.3 Å². The number of para-hydroxylation sites is 1. The van der Waals surface area contributed by atoms with Crippen LogP contribution in [0.4, 0.5) is 0 Å². The zero-order chi connectivity index (χ0) is 33.9. The smallest absolute Gasteiger partial charge is 0.135 e. The highest BCUT2D eigenvalue weighted by Crippen LogP contribution is 2.45. The second-order valence-corrected chi connectivity index (χ2v) is 8.86. The summed E-state index contributed by atoms with van der Waals surface area (Å²) >= 11 is 0. The lowest BCUT2D eigenvalue weighted by molar-refractivity contribution is 0.669. The summed E-state index contributed by atoms with van der Waals surface area (Å²) in [4.78, 5) is 0. The Bertz CT molecular complexity index is 2670. The predicted octanol–water partition coefficient (Wildman–Crippen LogP) is 10.4. The van der Waals surface area contributed by atoms with Crippen LogP contribution in [0.25, 0.3) is 76.5 Å². The number of hydrogen-bond donors (Lipinski definition) is 0. The first-order valence-electron chi connectivity index (χ1n) is 17.3. The molecule has 1 aromatic heterocycles. The number of benzene rings is 7. The van der Waals surface area contributed by atoms with Crippen molar-refractivity contribution in [3.05, 3.63) is 133 Å². The molecule has 0 unspecified atom stereocenters. The monoisotopic (exact) mass is 481 g/mol. The molecule has 0 spiro atoms. The maximum absolute atomic E-state index is 9.46. The fraction of sp³-hybridized carbons (Fsp3) is 0. The summed E-state index contributed by atoms with van der Waals surface area (Å²) in [5.41, 5.74) is 0.678. The molecular weight excluding hydrogens is 448 g/mol. The quantitative estimate of drug-likeness (QED) is 0.224. The lowest BCUT2D eigenvalue weighted by Gasteiger charge is -2.18. The van der Waals surface area contributed by atoms with Crippen LogP contribution in [0.3, 0.4) is 0 Å². The zero-order valence-electron chi connectivity index (χ0n) is 30.3. The maximum Gasteiger partial charge on any atom is 0.135 e. The third-order valence-corrected chi connectivity index (χ3v) is 6.81. The van der Waals surface area contributed by atoms with Crippen LogP contribution in [0.2, 0.25) is 0 Å². The summed E-state index contributed by atoms with van der Waals surface area (Å²) in [5.74, 6) is 0. The average Bonchev–Trinajstić information content (AvgIpc) is 3.49. The summed E-state index contributed by atoms with van der Waals surface area (Å²) in [5, 5.41) is 2.14. The van der Waals surface area contributed by atoms with Crippen molar-refractivity contribution in [2.24, 2.45) is 0 Å². The molecule has 0 aliphatic rings. The fourth-order valence-corrected chi connectivity index (χ4v) is 5.17. The van der Waals surface area contributed by atoms with Gasteiger partial charge in [0.1, 0.15) is 11.2 Å². The van der Waals surface area contributed by atoms with Crippen LogP contribution in [0, 0.1) is 0 Å². The van der Waals surface area contributed by atoms with Crippen LogP contribution < -0.4 is 0 Å². The Labute approximate surface area is 229 Å². The van der Waals surface area contributed by atoms with E-state index in [2.05, 4.69) is 0 Å². The molecular formula is C36H22O. The minimum absolute atomic E-state index is 0.000139. The van der Waals surface area contributed by atoms with Gasteiger partial charge in [0.15, 0.2) is 0 Å². The second kappa shape index (κ2) is 7.81. The molecule has 37 heavy (non-hydrogen) atoms. The van der Waals surface area contributed by atoms with Gasteiger partial charge in [0.25, 0.3) is 0 Å². The van der Waals surface area contributed by atoms with E-state index in [9.17, 15) is 5.48 Å². The molecule has 7 aromatic carbocycles. The lowest BCUT2D eigenvalue weighted by Crippen LogP contribution is -1.91. The van der Waals surface area contributed by atoms with Crippen LogP contribution in [-0.4, -0.2) is 0 Å². The van der Waals surface area contributed by atoms with E-state index in [4.69, 9.17) is 14.0 Å². The van der Waals surface area contributed by atoms with Crippen LogP contribution in [0.1, 0.15) is 15.1 Å². The molecule has 172 valence electrons. The van der Waals surface area contributed by atoms with Crippen LogP contribution in [0.5, 0.6) is 0 Å². The summed E-state index contributed by atoms with van der Waals surface area (Å²) in [6.07, 6.45) is 0. The SMILES string of the molecule is [2H]c1c(-c2c3c([2H])c([2H])c([2H])c([2H])c3c(-c3ccc4ccccc4c3)c3c([2H])c([2H])c([2H])c([2H])c23)c([2H])c2c(oc3ccccc32)c1[2H]. The highest BCUT2D eigenvalue weighted by molar-refractivity contribution is 6.22. The van der Waals surface area contributed by atoms with Gasteiger partial charge in [0, 0.05) is 10.8 Å². The van der Waals surface area contributed by atoms with Crippen LogP contribution in [0.15, 0.2) is 138 Å². The van der Waals surface area contributed by atoms with Gasteiger partial charge >= 0.3 is 0 Å². The Balaban J connectivity index is 1.72. The van der Waals surface area contributed by atoms with Crippen molar-refractivity contribution < 1.29 is 19.5 Å². The molecule has 1 heteroatoms. The van der Waals surface area contributed by atoms with Crippen molar-refractivity contribution in [3.8, 4) is 22.3 Å². The fourth-order valence-electron chi connectivity index (χ4n) is 5.17. The van der Waals surface area contributed by atoms with E-state index in [0.29, 0.717) is 16.5 Å². The Morgan fingerprint density at radius 1 is 0.459 bits per heavy atom. The van der Waals surface area contributed by atoms with Gasteiger partial charge in [-0.2, -0.15) is 0 Å². The third kappa shape index (κ3) is 3.04. The zero-order valence-corrected chi connectivity index (χ0v) is 19.3. The van der Waals surface area contributed by atoms with Gasteiger partial charge in [-0.1, -0.05) is 109 Å². The van der Waals surface area contributed by atoms with E-state index in [1.807, 2.05) is 36.4 Å². The first-order valence-corrected chi connectivity index (χ1v) is 11.8. The number of furan rings is 1. The topological polar surface area (TPSA) is 13.1 Å². The molecule has 8 aromatic rings. The van der Waals surface area contributed by atoms with Gasteiger partial charge in [-0.05, 0) is 78.8 Å². The van der Waals surface area contributed by atoms with Crippen LogP contribution in [-0.2, 0) is 0 Å². The largest absolute Gasteiger partial charge is 0.456 e. The van der Waals surface area contributed by atoms with E-state index >= 15 is 0 Å². The van der Waals surface area contributed by atoms with Gasteiger partial charge in [-0.15, -0.1) is 0 Å². The Morgan fingerprint density at radius 2 is 1.08 bits per heavy atom. The first kappa shape index (κ1) is 12.4. The molecule has 1 nitrogen and oxygen atoms in total. The summed E-state index contributed by atoms with van der Waals surface area (Å²) < 4.78 is 105. The molecule has 1 heterocycles.